The van der Waals surface area contributed by atoms with E-state index in [4.69, 9.17) is 0 Å². The molecule has 0 aliphatic carbocycles. The fourth-order valence-electron chi connectivity index (χ4n) is 2.79. The minimum absolute atomic E-state index is 0.0659. The topological polar surface area (TPSA) is 63.1 Å². The van der Waals surface area contributed by atoms with Gasteiger partial charge in [0.2, 0.25) is 0 Å². The molecule has 0 bridgehead atoms. The summed E-state index contributed by atoms with van der Waals surface area (Å²) in [5.74, 6) is 0.746. The Hall–Kier alpha value is -2.63. The van der Waals surface area contributed by atoms with Crippen LogP contribution < -0.4 is 5.32 Å². The third-order valence-electron chi connectivity index (χ3n) is 4.11. The van der Waals surface area contributed by atoms with Gasteiger partial charge >= 0.3 is 6.03 Å². The first-order valence-electron chi connectivity index (χ1n) is 7.79. The number of aromatic nitrogens is 3. The Morgan fingerprint density at radius 2 is 2.09 bits per heavy atom. The van der Waals surface area contributed by atoms with Crippen LogP contribution in [0.1, 0.15) is 30.8 Å². The fourth-order valence-corrected chi connectivity index (χ4v) is 2.79. The molecule has 6 nitrogen and oxygen atoms in total. The van der Waals surface area contributed by atoms with Gasteiger partial charge in [-0.2, -0.15) is 0 Å². The van der Waals surface area contributed by atoms with Crippen LogP contribution in [0, 0.1) is 0 Å². The Bertz CT molecular complexity index is 707. The predicted octanol–water partition coefficient (Wildman–Crippen LogP) is 2.38. The number of amides is 2. The number of urea groups is 1. The number of aryl methyl sites for hydroxylation is 1. The van der Waals surface area contributed by atoms with Gasteiger partial charge in [-0.05, 0) is 24.5 Å². The molecule has 2 aromatic rings. The fraction of sp³-hybridized carbons (Fsp3) is 0.353. The number of rotatable bonds is 3. The molecule has 2 amide bonds. The van der Waals surface area contributed by atoms with E-state index in [9.17, 15) is 4.79 Å². The molecule has 0 unspecified atom stereocenters. The number of nitrogens with zero attached hydrogens (tertiary/aromatic N) is 4. The van der Waals surface area contributed by atoms with Crippen molar-refractivity contribution in [2.24, 2.45) is 7.05 Å². The van der Waals surface area contributed by atoms with Crippen molar-refractivity contribution in [2.75, 3.05) is 13.1 Å². The van der Waals surface area contributed by atoms with E-state index in [0.29, 0.717) is 6.54 Å². The van der Waals surface area contributed by atoms with Crippen molar-refractivity contribution in [2.45, 2.75) is 19.4 Å². The summed E-state index contributed by atoms with van der Waals surface area (Å²) in [7, 11) is 1.87. The van der Waals surface area contributed by atoms with Crippen molar-refractivity contribution in [3.8, 4) is 0 Å². The highest BCUT2D eigenvalue weighted by molar-refractivity contribution is 5.77. The van der Waals surface area contributed by atoms with Crippen molar-refractivity contribution >= 4 is 11.6 Å². The lowest BCUT2D eigenvalue weighted by Gasteiger charge is -2.28. The lowest BCUT2D eigenvalue weighted by Crippen LogP contribution is -2.43. The lowest BCUT2D eigenvalue weighted by atomic mass is 10.00. The van der Waals surface area contributed by atoms with Crippen LogP contribution in [0.3, 0.4) is 0 Å². The third-order valence-corrected chi connectivity index (χ3v) is 4.11. The van der Waals surface area contributed by atoms with Gasteiger partial charge in [0.15, 0.2) is 5.82 Å². The maximum absolute atomic E-state index is 12.4. The van der Waals surface area contributed by atoms with E-state index in [1.807, 2.05) is 41.6 Å². The van der Waals surface area contributed by atoms with Crippen LogP contribution in [0.5, 0.6) is 0 Å². The molecule has 6 heteroatoms. The second kappa shape index (κ2) is 6.64. The zero-order valence-corrected chi connectivity index (χ0v) is 13.4. The summed E-state index contributed by atoms with van der Waals surface area (Å²) in [5.41, 5.74) is 2.54. The molecule has 1 aromatic carbocycles. The summed E-state index contributed by atoms with van der Waals surface area (Å²) in [6.07, 6.45) is 4.63. The van der Waals surface area contributed by atoms with Crippen molar-refractivity contribution in [3.05, 3.63) is 54.1 Å². The first-order chi connectivity index (χ1) is 11.1. The van der Waals surface area contributed by atoms with Crippen LogP contribution in [0.2, 0.25) is 0 Å². The molecule has 0 radical (unpaired) electrons. The van der Waals surface area contributed by atoms with Crippen LogP contribution in [-0.2, 0) is 7.05 Å². The maximum Gasteiger partial charge on any atom is 0.318 e. The number of nitrogens with one attached hydrogen (secondary N) is 1. The van der Waals surface area contributed by atoms with Gasteiger partial charge in [-0.3, -0.25) is 0 Å². The number of hydrogen-bond acceptors (Lipinski definition) is 3. The molecular formula is C17H21N5O. The average molecular weight is 311 g/mol. The monoisotopic (exact) mass is 311 g/mol. The number of benzene rings is 1. The molecule has 1 aromatic heterocycles. The highest BCUT2D eigenvalue weighted by atomic mass is 16.2. The van der Waals surface area contributed by atoms with Crippen LogP contribution >= 0.6 is 0 Å². The van der Waals surface area contributed by atoms with E-state index in [0.717, 1.165) is 18.8 Å². The highest BCUT2D eigenvalue weighted by Crippen LogP contribution is 2.22. The molecule has 1 aliphatic heterocycles. The summed E-state index contributed by atoms with van der Waals surface area (Å²) >= 11 is 0. The average Bonchev–Trinajstić information content (AvgIpc) is 3.02. The largest absolute Gasteiger partial charge is 0.328 e. The van der Waals surface area contributed by atoms with E-state index in [2.05, 4.69) is 33.7 Å². The SMILES string of the molecule is C[C@@H](NC(=O)N1CC=C(c2ccccc2)CC1)c1nncn1C. The van der Waals surface area contributed by atoms with Crippen molar-refractivity contribution in [3.63, 3.8) is 0 Å². The van der Waals surface area contributed by atoms with Gasteiger partial charge in [0.05, 0.1) is 6.04 Å². The Morgan fingerprint density at radius 1 is 1.30 bits per heavy atom. The van der Waals surface area contributed by atoms with Crippen molar-refractivity contribution < 1.29 is 4.79 Å². The summed E-state index contributed by atoms with van der Waals surface area (Å²) in [4.78, 5) is 14.2. The number of hydrogen-bond donors (Lipinski definition) is 1. The van der Waals surface area contributed by atoms with Gasteiger partial charge in [-0.15, -0.1) is 10.2 Å². The molecule has 0 fully saturated rings. The van der Waals surface area contributed by atoms with Gasteiger partial charge < -0.3 is 14.8 Å². The second-order valence-corrected chi connectivity index (χ2v) is 5.76. The van der Waals surface area contributed by atoms with E-state index in [1.165, 1.54) is 11.1 Å². The van der Waals surface area contributed by atoms with Crippen molar-refractivity contribution in [1.29, 1.82) is 0 Å². The Kier molecular flexibility index (Phi) is 4.41. The predicted molar refractivity (Wildman–Crippen MR) is 88.6 cm³/mol. The zero-order chi connectivity index (χ0) is 16.2. The molecular weight excluding hydrogens is 290 g/mol. The van der Waals surface area contributed by atoms with E-state index < -0.39 is 0 Å². The molecule has 2 heterocycles. The summed E-state index contributed by atoms with van der Waals surface area (Å²) < 4.78 is 1.81. The van der Waals surface area contributed by atoms with Gasteiger partial charge in [0.25, 0.3) is 0 Å². The molecule has 1 N–H and O–H groups in total. The van der Waals surface area contributed by atoms with Gasteiger partial charge in [-0.25, -0.2) is 4.79 Å². The zero-order valence-electron chi connectivity index (χ0n) is 13.4. The first-order valence-corrected chi connectivity index (χ1v) is 7.79. The number of carbonyl (C=O) groups is 1. The van der Waals surface area contributed by atoms with Crippen LogP contribution in [0.25, 0.3) is 5.57 Å². The van der Waals surface area contributed by atoms with Gasteiger partial charge in [-0.1, -0.05) is 36.4 Å². The van der Waals surface area contributed by atoms with Crippen LogP contribution in [0.4, 0.5) is 4.79 Å². The van der Waals surface area contributed by atoms with Crippen molar-refractivity contribution in [1.82, 2.24) is 25.0 Å². The molecule has 0 saturated heterocycles. The summed E-state index contributed by atoms with van der Waals surface area (Å²) in [6, 6.07) is 10.1. The molecule has 1 aliphatic rings. The van der Waals surface area contributed by atoms with Gasteiger partial charge in [0, 0.05) is 20.1 Å². The quantitative estimate of drug-likeness (QED) is 0.946. The Balaban J connectivity index is 1.60. The summed E-state index contributed by atoms with van der Waals surface area (Å²) in [5, 5.41) is 10.9. The van der Waals surface area contributed by atoms with E-state index >= 15 is 0 Å². The minimum Gasteiger partial charge on any atom is -0.328 e. The van der Waals surface area contributed by atoms with Crippen LogP contribution in [-0.4, -0.2) is 38.8 Å². The van der Waals surface area contributed by atoms with E-state index in [-0.39, 0.29) is 12.1 Å². The highest BCUT2D eigenvalue weighted by Gasteiger charge is 2.21. The third kappa shape index (κ3) is 3.41. The molecule has 0 saturated carbocycles. The molecule has 3 rings (SSSR count). The lowest BCUT2D eigenvalue weighted by molar-refractivity contribution is 0.199. The normalized spacial score (nSPS) is 15.9. The Labute approximate surface area is 135 Å². The Morgan fingerprint density at radius 3 is 2.70 bits per heavy atom. The molecule has 23 heavy (non-hydrogen) atoms. The summed E-state index contributed by atoms with van der Waals surface area (Å²) in [6.45, 7) is 3.26. The van der Waals surface area contributed by atoms with E-state index in [1.54, 1.807) is 6.33 Å². The minimum atomic E-state index is -0.172. The maximum atomic E-state index is 12.4. The smallest absolute Gasteiger partial charge is 0.318 e. The van der Waals surface area contributed by atoms with Gasteiger partial charge in [0.1, 0.15) is 6.33 Å². The van der Waals surface area contributed by atoms with Crippen LogP contribution in [0.15, 0.2) is 42.7 Å². The molecule has 0 spiro atoms. The second-order valence-electron chi connectivity index (χ2n) is 5.76. The molecule has 120 valence electrons. The molecule has 1 atom stereocenters. The first kappa shape index (κ1) is 15.3. The standard InChI is InChI=1S/C17H21N5O/c1-13(16-20-18-12-21(16)2)19-17(23)22-10-8-15(9-11-22)14-6-4-3-5-7-14/h3-8,12-13H,9-11H2,1-2H3,(H,19,23)/t13-/m1/s1. The number of carbonyl (C=O) groups excluding carboxylic acids is 1.